The van der Waals surface area contributed by atoms with Crippen molar-refractivity contribution in [3.05, 3.63) is 48.0 Å². The van der Waals surface area contributed by atoms with Gasteiger partial charge in [0, 0.05) is 20.3 Å². The van der Waals surface area contributed by atoms with Crippen molar-refractivity contribution in [1.29, 1.82) is 0 Å². The molecule has 0 aliphatic carbocycles. The number of nitrogens with one attached hydrogen (secondary N) is 1. The highest BCUT2D eigenvalue weighted by molar-refractivity contribution is 5.85. The van der Waals surface area contributed by atoms with E-state index in [-0.39, 0.29) is 5.91 Å². The molecule has 0 aliphatic heterocycles. The molecule has 0 aliphatic rings. The Morgan fingerprint density at radius 1 is 1.05 bits per heavy atom. The van der Waals surface area contributed by atoms with E-state index in [0.29, 0.717) is 32.8 Å². The molecule has 22 heavy (non-hydrogen) atoms. The Morgan fingerprint density at radius 3 is 2.68 bits per heavy atom. The molecule has 0 spiro atoms. The van der Waals surface area contributed by atoms with Gasteiger partial charge < -0.3 is 14.8 Å². The number of hydrogen-bond donors (Lipinski definition) is 1. The van der Waals surface area contributed by atoms with Gasteiger partial charge in [-0.2, -0.15) is 0 Å². The van der Waals surface area contributed by atoms with Gasteiger partial charge in [0.05, 0.1) is 19.6 Å². The third kappa shape index (κ3) is 5.47. The van der Waals surface area contributed by atoms with Crippen molar-refractivity contribution in [3.8, 4) is 0 Å². The first-order valence-electron chi connectivity index (χ1n) is 7.60. The van der Waals surface area contributed by atoms with E-state index in [1.54, 1.807) is 7.11 Å². The number of fused-ring (bicyclic) bond motifs is 1. The van der Waals surface area contributed by atoms with E-state index in [1.165, 1.54) is 10.8 Å². The van der Waals surface area contributed by atoms with Gasteiger partial charge >= 0.3 is 0 Å². The van der Waals surface area contributed by atoms with E-state index in [1.807, 2.05) is 18.2 Å². The van der Waals surface area contributed by atoms with Crippen LogP contribution in [0.2, 0.25) is 0 Å². The molecule has 1 amide bonds. The molecule has 4 nitrogen and oxygen atoms in total. The van der Waals surface area contributed by atoms with Crippen LogP contribution < -0.4 is 5.32 Å². The summed E-state index contributed by atoms with van der Waals surface area (Å²) < 4.78 is 10.2. The van der Waals surface area contributed by atoms with Crippen LogP contribution in [0.25, 0.3) is 10.8 Å². The SMILES string of the molecule is COCCOCCCNC(=O)Cc1ccc2ccccc2c1. The van der Waals surface area contributed by atoms with Crippen LogP contribution in [-0.2, 0) is 20.7 Å². The van der Waals surface area contributed by atoms with Gasteiger partial charge in [0.15, 0.2) is 0 Å². The van der Waals surface area contributed by atoms with Crippen molar-refractivity contribution in [2.24, 2.45) is 0 Å². The second kappa shape index (κ2) is 9.18. The van der Waals surface area contributed by atoms with Gasteiger partial charge in [0.1, 0.15) is 0 Å². The zero-order valence-corrected chi connectivity index (χ0v) is 13.0. The molecule has 1 N–H and O–H groups in total. The Kier molecular flexibility index (Phi) is 6.87. The molecule has 0 atom stereocenters. The third-order valence-electron chi connectivity index (χ3n) is 3.40. The number of benzene rings is 2. The Labute approximate surface area is 131 Å². The highest BCUT2D eigenvalue weighted by Gasteiger charge is 2.03. The van der Waals surface area contributed by atoms with Crippen molar-refractivity contribution in [1.82, 2.24) is 5.32 Å². The maximum atomic E-state index is 11.9. The van der Waals surface area contributed by atoms with Crippen molar-refractivity contribution in [2.75, 3.05) is 33.5 Å². The van der Waals surface area contributed by atoms with Crippen LogP contribution in [0.1, 0.15) is 12.0 Å². The summed E-state index contributed by atoms with van der Waals surface area (Å²) >= 11 is 0. The number of rotatable bonds is 9. The first-order chi connectivity index (χ1) is 10.8. The quantitative estimate of drug-likeness (QED) is 0.724. The van der Waals surface area contributed by atoms with Crippen molar-refractivity contribution < 1.29 is 14.3 Å². The number of amides is 1. The molecular weight excluding hydrogens is 278 g/mol. The lowest BCUT2D eigenvalue weighted by Crippen LogP contribution is -2.26. The molecule has 2 aromatic carbocycles. The van der Waals surface area contributed by atoms with Gasteiger partial charge in [-0.15, -0.1) is 0 Å². The largest absolute Gasteiger partial charge is 0.382 e. The molecule has 0 heterocycles. The zero-order chi connectivity index (χ0) is 15.6. The standard InChI is InChI=1S/C18H23NO3/c1-21-11-12-22-10-4-9-19-18(20)14-15-7-8-16-5-2-3-6-17(16)13-15/h2-3,5-8,13H,4,9-12,14H2,1H3,(H,19,20). The minimum absolute atomic E-state index is 0.0483. The number of hydrogen-bond acceptors (Lipinski definition) is 3. The predicted molar refractivity (Wildman–Crippen MR) is 88.0 cm³/mol. The van der Waals surface area contributed by atoms with Crippen molar-refractivity contribution in [3.63, 3.8) is 0 Å². The molecule has 2 aromatic rings. The summed E-state index contributed by atoms with van der Waals surface area (Å²) in [5, 5.41) is 5.28. The van der Waals surface area contributed by atoms with Crippen molar-refractivity contribution >= 4 is 16.7 Å². The Bertz CT molecular complexity index is 598. The Hall–Kier alpha value is -1.91. The fraction of sp³-hybridized carbons (Fsp3) is 0.389. The molecule has 4 heteroatoms. The van der Waals surface area contributed by atoms with Crippen LogP contribution in [0, 0.1) is 0 Å². The molecule has 0 bridgehead atoms. The monoisotopic (exact) mass is 301 g/mol. The van der Waals surface area contributed by atoms with Crippen LogP contribution in [0.5, 0.6) is 0 Å². The Balaban J connectivity index is 1.69. The molecule has 118 valence electrons. The molecule has 0 radical (unpaired) electrons. The number of carbonyl (C=O) groups excluding carboxylic acids is 1. The van der Waals surface area contributed by atoms with Gasteiger partial charge in [-0.05, 0) is 22.8 Å². The zero-order valence-electron chi connectivity index (χ0n) is 13.0. The summed E-state index contributed by atoms with van der Waals surface area (Å²) in [5.74, 6) is 0.0483. The number of ether oxygens (including phenoxy) is 2. The van der Waals surface area contributed by atoms with Crippen molar-refractivity contribution in [2.45, 2.75) is 12.8 Å². The van der Waals surface area contributed by atoms with Gasteiger partial charge in [-0.3, -0.25) is 4.79 Å². The summed E-state index contributed by atoms with van der Waals surface area (Å²) in [6, 6.07) is 14.3. The van der Waals surface area contributed by atoms with Crippen LogP contribution in [0.4, 0.5) is 0 Å². The normalized spacial score (nSPS) is 10.8. The van der Waals surface area contributed by atoms with Gasteiger partial charge in [-0.25, -0.2) is 0 Å². The fourth-order valence-corrected chi connectivity index (χ4v) is 2.24. The van der Waals surface area contributed by atoms with Gasteiger partial charge in [-0.1, -0.05) is 42.5 Å². The van der Waals surface area contributed by atoms with E-state index in [9.17, 15) is 4.79 Å². The van der Waals surface area contributed by atoms with Crippen LogP contribution >= 0.6 is 0 Å². The molecule has 0 unspecified atom stereocenters. The molecule has 0 fully saturated rings. The first kappa shape index (κ1) is 16.5. The second-order valence-corrected chi connectivity index (χ2v) is 5.17. The second-order valence-electron chi connectivity index (χ2n) is 5.17. The molecule has 0 aromatic heterocycles. The average molecular weight is 301 g/mol. The lowest BCUT2D eigenvalue weighted by Gasteiger charge is -2.07. The summed E-state index contributed by atoms with van der Waals surface area (Å²) in [6.45, 7) is 2.48. The Morgan fingerprint density at radius 2 is 1.86 bits per heavy atom. The summed E-state index contributed by atoms with van der Waals surface area (Å²) in [5.41, 5.74) is 1.03. The van der Waals surface area contributed by atoms with Gasteiger partial charge in [0.25, 0.3) is 0 Å². The minimum atomic E-state index is 0.0483. The van der Waals surface area contributed by atoms with E-state index in [2.05, 4.69) is 29.6 Å². The summed E-state index contributed by atoms with van der Waals surface area (Å²) in [4.78, 5) is 11.9. The molecular formula is C18H23NO3. The predicted octanol–water partition coefficient (Wildman–Crippen LogP) is 2.55. The van der Waals surface area contributed by atoms with E-state index >= 15 is 0 Å². The third-order valence-corrected chi connectivity index (χ3v) is 3.40. The van der Waals surface area contributed by atoms with Crippen LogP contribution in [-0.4, -0.2) is 39.4 Å². The lowest BCUT2D eigenvalue weighted by molar-refractivity contribution is -0.120. The highest BCUT2D eigenvalue weighted by atomic mass is 16.5. The highest BCUT2D eigenvalue weighted by Crippen LogP contribution is 2.15. The van der Waals surface area contributed by atoms with E-state index in [4.69, 9.17) is 9.47 Å². The summed E-state index contributed by atoms with van der Waals surface area (Å²) in [6.07, 6.45) is 1.22. The summed E-state index contributed by atoms with van der Waals surface area (Å²) in [7, 11) is 1.65. The minimum Gasteiger partial charge on any atom is -0.382 e. The lowest BCUT2D eigenvalue weighted by atomic mass is 10.0. The maximum Gasteiger partial charge on any atom is 0.224 e. The smallest absolute Gasteiger partial charge is 0.224 e. The molecule has 2 rings (SSSR count). The number of methoxy groups -OCH3 is 1. The van der Waals surface area contributed by atoms with Gasteiger partial charge in [0.2, 0.25) is 5.91 Å². The fourth-order valence-electron chi connectivity index (χ4n) is 2.24. The maximum absolute atomic E-state index is 11.9. The van der Waals surface area contributed by atoms with E-state index in [0.717, 1.165) is 12.0 Å². The molecule has 0 saturated carbocycles. The molecule has 0 saturated heterocycles. The van der Waals surface area contributed by atoms with Crippen LogP contribution in [0.3, 0.4) is 0 Å². The topological polar surface area (TPSA) is 47.6 Å². The number of carbonyl (C=O) groups is 1. The first-order valence-corrected chi connectivity index (χ1v) is 7.60. The van der Waals surface area contributed by atoms with Crippen LogP contribution in [0.15, 0.2) is 42.5 Å². The van der Waals surface area contributed by atoms with E-state index < -0.39 is 0 Å². The average Bonchev–Trinajstić information content (AvgIpc) is 2.54.